The number of hydrogen-bond acceptors (Lipinski definition) is 3. The number of para-hydroxylation sites is 2. The van der Waals surface area contributed by atoms with Gasteiger partial charge in [0.25, 0.3) is 5.91 Å². The first kappa shape index (κ1) is 20.4. The van der Waals surface area contributed by atoms with Crippen LogP contribution in [0.1, 0.15) is 35.0 Å². The summed E-state index contributed by atoms with van der Waals surface area (Å²) < 4.78 is 3.59. The Labute approximate surface area is 184 Å². The average Bonchev–Trinajstić information content (AvgIpc) is 3.20. The van der Waals surface area contributed by atoms with Crippen molar-refractivity contribution >= 4 is 46.1 Å². The van der Waals surface area contributed by atoms with E-state index in [0.29, 0.717) is 28.8 Å². The largest absolute Gasteiger partial charge is 0.310 e. The number of aryl methyl sites for hydroxylation is 2. The molecule has 0 fully saturated rings. The number of halogens is 2. The smallest absolute Gasteiger partial charge is 0.263 e. The van der Waals surface area contributed by atoms with Gasteiger partial charge in [0.15, 0.2) is 0 Å². The number of hydrogen-bond donors (Lipinski definition) is 1. The first-order chi connectivity index (χ1) is 14.5. The number of fused-ring (bicyclic) bond motifs is 1. The number of amides is 1. The summed E-state index contributed by atoms with van der Waals surface area (Å²) in [5.41, 5.74) is 3.56. The Hall–Kier alpha value is -2.83. The summed E-state index contributed by atoms with van der Waals surface area (Å²) in [5.74, 6) is 0.160. The Balaban J connectivity index is 1.65. The summed E-state index contributed by atoms with van der Waals surface area (Å²) in [7, 11) is 0. The van der Waals surface area contributed by atoms with E-state index in [1.54, 1.807) is 11.6 Å². The molecule has 8 heteroatoms. The Bertz CT molecular complexity index is 1230. The van der Waals surface area contributed by atoms with Crippen molar-refractivity contribution in [2.45, 2.75) is 33.4 Å². The first-order valence-corrected chi connectivity index (χ1v) is 10.5. The van der Waals surface area contributed by atoms with Crippen molar-refractivity contribution in [1.29, 1.82) is 0 Å². The predicted octanol–water partition coefficient (Wildman–Crippen LogP) is 5.56. The minimum Gasteiger partial charge on any atom is -0.310 e. The summed E-state index contributed by atoms with van der Waals surface area (Å²) in [4.78, 5) is 17.7. The molecule has 1 N–H and O–H groups in total. The maximum absolute atomic E-state index is 13.1. The first-order valence-electron chi connectivity index (χ1n) is 9.72. The van der Waals surface area contributed by atoms with Gasteiger partial charge in [0.1, 0.15) is 5.15 Å². The number of rotatable bonds is 6. The molecule has 0 saturated heterocycles. The molecule has 0 unspecified atom stereocenters. The highest BCUT2D eigenvalue weighted by atomic mass is 35.5. The number of carbonyl (C=O) groups is 1. The van der Waals surface area contributed by atoms with Crippen LogP contribution in [-0.4, -0.2) is 25.2 Å². The average molecular weight is 442 g/mol. The van der Waals surface area contributed by atoms with Crippen LogP contribution in [0.2, 0.25) is 10.2 Å². The van der Waals surface area contributed by atoms with Crippen LogP contribution in [0.4, 0.5) is 5.95 Å². The molecular weight excluding hydrogens is 421 g/mol. The van der Waals surface area contributed by atoms with E-state index in [2.05, 4.69) is 22.3 Å². The number of aromatic nitrogens is 4. The van der Waals surface area contributed by atoms with Gasteiger partial charge in [0.2, 0.25) is 5.95 Å². The van der Waals surface area contributed by atoms with Crippen LogP contribution < -0.4 is 5.32 Å². The third kappa shape index (κ3) is 3.80. The van der Waals surface area contributed by atoms with E-state index in [-0.39, 0.29) is 11.1 Å². The van der Waals surface area contributed by atoms with Crippen molar-refractivity contribution in [2.24, 2.45) is 0 Å². The highest BCUT2D eigenvalue weighted by molar-refractivity contribution is 6.33. The molecule has 1 amide bonds. The van der Waals surface area contributed by atoms with Gasteiger partial charge in [-0.3, -0.25) is 10.1 Å². The van der Waals surface area contributed by atoms with Crippen LogP contribution in [0.15, 0.2) is 48.5 Å². The molecule has 0 spiro atoms. The van der Waals surface area contributed by atoms with Gasteiger partial charge in [-0.2, -0.15) is 5.10 Å². The van der Waals surface area contributed by atoms with E-state index in [4.69, 9.17) is 23.2 Å². The molecule has 0 aliphatic rings. The van der Waals surface area contributed by atoms with Crippen LogP contribution in [0.5, 0.6) is 0 Å². The van der Waals surface area contributed by atoms with Crippen molar-refractivity contribution in [2.75, 3.05) is 5.32 Å². The molecule has 0 aliphatic carbocycles. The Morgan fingerprint density at radius 3 is 2.60 bits per heavy atom. The molecule has 30 heavy (non-hydrogen) atoms. The van der Waals surface area contributed by atoms with Crippen LogP contribution in [0.25, 0.3) is 11.0 Å². The molecule has 0 saturated carbocycles. The second-order valence-corrected chi connectivity index (χ2v) is 7.80. The van der Waals surface area contributed by atoms with Crippen LogP contribution >= 0.6 is 23.2 Å². The van der Waals surface area contributed by atoms with Gasteiger partial charge in [-0.05, 0) is 37.1 Å². The SMILES string of the molecule is CCCn1c(NC(=O)c2c(C)nn(Cc3ccccc3Cl)c2Cl)nc2ccccc21. The number of nitrogens with one attached hydrogen (secondary N) is 1. The molecule has 2 heterocycles. The van der Waals surface area contributed by atoms with Crippen molar-refractivity contribution in [3.05, 3.63) is 75.5 Å². The molecule has 6 nitrogen and oxygen atoms in total. The summed E-state index contributed by atoms with van der Waals surface area (Å²) in [5, 5.41) is 8.26. The van der Waals surface area contributed by atoms with Crippen molar-refractivity contribution in [1.82, 2.24) is 19.3 Å². The molecule has 4 rings (SSSR count). The van der Waals surface area contributed by atoms with Gasteiger partial charge < -0.3 is 4.57 Å². The fourth-order valence-corrected chi connectivity index (χ4v) is 4.00. The zero-order valence-electron chi connectivity index (χ0n) is 16.7. The molecule has 0 atom stereocenters. The topological polar surface area (TPSA) is 64.7 Å². The number of carbonyl (C=O) groups excluding carboxylic acids is 1. The van der Waals surface area contributed by atoms with Crippen LogP contribution in [0, 0.1) is 6.92 Å². The summed E-state index contributed by atoms with van der Waals surface area (Å²) >= 11 is 12.8. The zero-order valence-corrected chi connectivity index (χ0v) is 18.2. The fraction of sp³-hybridized carbons (Fsp3) is 0.227. The standard InChI is InChI=1S/C22H21Cl2N5O/c1-3-12-28-18-11-7-6-10-17(18)25-22(28)26-21(30)19-14(2)27-29(20(19)24)13-15-8-4-5-9-16(15)23/h4-11H,3,12-13H2,1-2H3,(H,25,26,30). The monoisotopic (exact) mass is 441 g/mol. The number of nitrogens with zero attached hydrogens (tertiary/aromatic N) is 4. The van der Waals surface area contributed by atoms with Crippen LogP contribution in [0.3, 0.4) is 0 Å². The van der Waals surface area contributed by atoms with Gasteiger partial charge in [0, 0.05) is 11.6 Å². The third-order valence-electron chi connectivity index (χ3n) is 4.90. The lowest BCUT2D eigenvalue weighted by Gasteiger charge is -2.09. The fourth-order valence-electron chi connectivity index (χ4n) is 3.49. The molecule has 0 aliphatic heterocycles. The lowest BCUT2D eigenvalue weighted by Crippen LogP contribution is -2.17. The van der Waals surface area contributed by atoms with E-state index < -0.39 is 0 Å². The van der Waals surface area contributed by atoms with Crippen molar-refractivity contribution < 1.29 is 4.79 Å². The van der Waals surface area contributed by atoms with Crippen LogP contribution in [-0.2, 0) is 13.1 Å². The Kier molecular flexibility index (Phi) is 5.79. The maximum Gasteiger partial charge on any atom is 0.263 e. The van der Waals surface area contributed by atoms with Gasteiger partial charge in [-0.1, -0.05) is 60.5 Å². The molecule has 2 aromatic carbocycles. The molecule has 154 valence electrons. The van der Waals surface area contributed by atoms with Crippen molar-refractivity contribution in [3.8, 4) is 0 Å². The number of imidazole rings is 1. The lowest BCUT2D eigenvalue weighted by atomic mass is 10.2. The Morgan fingerprint density at radius 1 is 1.10 bits per heavy atom. The molecule has 0 bridgehead atoms. The highest BCUT2D eigenvalue weighted by Gasteiger charge is 2.23. The van der Waals surface area contributed by atoms with Gasteiger partial charge in [-0.15, -0.1) is 0 Å². The molecule has 2 aromatic heterocycles. The van der Waals surface area contributed by atoms with Gasteiger partial charge >= 0.3 is 0 Å². The lowest BCUT2D eigenvalue weighted by molar-refractivity contribution is 0.102. The highest BCUT2D eigenvalue weighted by Crippen LogP contribution is 2.25. The number of anilines is 1. The second-order valence-electron chi connectivity index (χ2n) is 7.03. The zero-order chi connectivity index (χ0) is 21.3. The van der Waals surface area contributed by atoms with E-state index >= 15 is 0 Å². The van der Waals surface area contributed by atoms with Crippen molar-refractivity contribution in [3.63, 3.8) is 0 Å². The second kappa shape index (κ2) is 8.50. The minimum absolute atomic E-state index is 0.267. The minimum atomic E-state index is -0.337. The molecular formula is C22H21Cl2N5O. The van der Waals surface area contributed by atoms with E-state index in [9.17, 15) is 4.79 Å². The third-order valence-corrected chi connectivity index (χ3v) is 5.65. The Morgan fingerprint density at radius 2 is 1.83 bits per heavy atom. The number of benzene rings is 2. The maximum atomic E-state index is 13.1. The normalized spacial score (nSPS) is 11.2. The molecule has 0 radical (unpaired) electrons. The summed E-state index contributed by atoms with van der Waals surface area (Å²) in [6, 6.07) is 15.3. The van der Waals surface area contributed by atoms with E-state index in [1.165, 1.54) is 0 Å². The van der Waals surface area contributed by atoms with E-state index in [1.807, 2.05) is 53.1 Å². The summed E-state index contributed by atoms with van der Waals surface area (Å²) in [6.07, 6.45) is 0.915. The quantitative estimate of drug-likeness (QED) is 0.425. The molecule has 4 aromatic rings. The van der Waals surface area contributed by atoms with Gasteiger partial charge in [-0.25, -0.2) is 9.67 Å². The summed E-state index contributed by atoms with van der Waals surface area (Å²) in [6.45, 7) is 4.97. The predicted molar refractivity (Wildman–Crippen MR) is 121 cm³/mol. The van der Waals surface area contributed by atoms with Gasteiger partial charge in [0.05, 0.1) is 28.8 Å². The van der Waals surface area contributed by atoms with E-state index in [0.717, 1.165) is 29.6 Å².